The van der Waals surface area contributed by atoms with Crippen molar-refractivity contribution < 1.29 is 4.39 Å². The zero-order chi connectivity index (χ0) is 13.1. The summed E-state index contributed by atoms with van der Waals surface area (Å²) in [6, 6.07) is 5.80. The zero-order valence-corrected chi connectivity index (χ0v) is 11.7. The number of hydrogen-bond donors (Lipinski definition) is 1. The maximum atomic E-state index is 13.5. The lowest BCUT2D eigenvalue weighted by Crippen LogP contribution is -2.29. The van der Waals surface area contributed by atoms with Crippen molar-refractivity contribution in [1.29, 1.82) is 0 Å². The fraction of sp³-hybridized carbons (Fsp3) is 0.625. The number of hydrogen-bond acceptors (Lipinski definition) is 1. The quantitative estimate of drug-likeness (QED) is 0.814. The Kier molecular flexibility index (Phi) is 4.26. The topological polar surface area (TPSA) is 12.0 Å². The molecule has 1 N–H and O–H groups in total. The molecule has 0 aliphatic heterocycles. The minimum absolute atomic E-state index is 0.115. The molecule has 1 saturated carbocycles. The van der Waals surface area contributed by atoms with E-state index in [2.05, 4.69) is 19.2 Å². The van der Waals surface area contributed by atoms with E-state index in [1.165, 1.54) is 31.7 Å². The van der Waals surface area contributed by atoms with E-state index in [-0.39, 0.29) is 5.82 Å². The second kappa shape index (κ2) is 5.73. The summed E-state index contributed by atoms with van der Waals surface area (Å²) in [6.45, 7) is 6.46. The fourth-order valence-corrected chi connectivity index (χ4v) is 2.95. The number of rotatable bonds is 3. The minimum Gasteiger partial charge on any atom is -0.382 e. The number of anilines is 1. The van der Waals surface area contributed by atoms with Crippen molar-refractivity contribution in [3.05, 3.63) is 29.6 Å². The third-order valence-corrected chi connectivity index (χ3v) is 4.28. The summed E-state index contributed by atoms with van der Waals surface area (Å²) in [6.07, 6.45) is 5.06. The SMILES string of the molecule is Cc1c(F)cccc1NC1CCCC(C(C)C)C1. The maximum Gasteiger partial charge on any atom is 0.128 e. The van der Waals surface area contributed by atoms with Crippen LogP contribution in [0.4, 0.5) is 10.1 Å². The highest BCUT2D eigenvalue weighted by molar-refractivity contribution is 5.51. The van der Waals surface area contributed by atoms with Gasteiger partial charge in [0.1, 0.15) is 5.82 Å². The molecule has 18 heavy (non-hydrogen) atoms. The lowest BCUT2D eigenvalue weighted by Gasteiger charge is -2.33. The van der Waals surface area contributed by atoms with Crippen LogP contribution >= 0.6 is 0 Å². The third kappa shape index (κ3) is 3.04. The van der Waals surface area contributed by atoms with Crippen molar-refractivity contribution in [3.8, 4) is 0 Å². The Morgan fingerprint density at radius 1 is 1.28 bits per heavy atom. The molecule has 2 atom stereocenters. The Morgan fingerprint density at radius 3 is 2.78 bits per heavy atom. The van der Waals surface area contributed by atoms with Crippen molar-refractivity contribution in [1.82, 2.24) is 0 Å². The Hall–Kier alpha value is -1.05. The molecule has 1 aromatic carbocycles. The van der Waals surface area contributed by atoms with Gasteiger partial charge in [0.2, 0.25) is 0 Å². The lowest BCUT2D eigenvalue weighted by molar-refractivity contribution is 0.264. The first-order chi connectivity index (χ1) is 8.58. The monoisotopic (exact) mass is 249 g/mol. The lowest BCUT2D eigenvalue weighted by atomic mass is 9.79. The van der Waals surface area contributed by atoms with E-state index in [1.54, 1.807) is 6.07 Å². The van der Waals surface area contributed by atoms with Crippen molar-refractivity contribution in [2.45, 2.75) is 52.5 Å². The molecule has 2 rings (SSSR count). The molecule has 0 radical (unpaired) electrons. The predicted molar refractivity (Wildman–Crippen MR) is 75.3 cm³/mol. The average Bonchev–Trinajstić information content (AvgIpc) is 2.35. The Balaban J connectivity index is 2.03. The van der Waals surface area contributed by atoms with Crippen LogP contribution < -0.4 is 5.32 Å². The second-order valence-electron chi connectivity index (χ2n) is 5.92. The zero-order valence-electron chi connectivity index (χ0n) is 11.7. The minimum atomic E-state index is -0.115. The predicted octanol–water partition coefficient (Wildman–Crippen LogP) is 4.76. The molecule has 2 heteroatoms. The summed E-state index contributed by atoms with van der Waals surface area (Å²) >= 11 is 0. The van der Waals surface area contributed by atoms with Crippen LogP contribution in [0, 0.1) is 24.6 Å². The van der Waals surface area contributed by atoms with E-state index >= 15 is 0 Å². The maximum absolute atomic E-state index is 13.5. The number of nitrogens with one attached hydrogen (secondary N) is 1. The Bertz CT molecular complexity index is 400. The fourth-order valence-electron chi connectivity index (χ4n) is 2.95. The van der Waals surface area contributed by atoms with Gasteiger partial charge in [0.15, 0.2) is 0 Å². The van der Waals surface area contributed by atoms with Crippen molar-refractivity contribution in [2.75, 3.05) is 5.32 Å². The van der Waals surface area contributed by atoms with E-state index in [4.69, 9.17) is 0 Å². The van der Waals surface area contributed by atoms with Crippen LogP contribution in [0.1, 0.15) is 45.1 Å². The van der Waals surface area contributed by atoms with Gasteiger partial charge in [-0.2, -0.15) is 0 Å². The molecular formula is C16H24FN. The Morgan fingerprint density at radius 2 is 2.06 bits per heavy atom. The second-order valence-corrected chi connectivity index (χ2v) is 5.92. The average molecular weight is 249 g/mol. The van der Waals surface area contributed by atoms with Crippen LogP contribution in [-0.4, -0.2) is 6.04 Å². The molecule has 0 bridgehead atoms. The van der Waals surface area contributed by atoms with E-state index in [0.717, 1.165) is 23.1 Å². The molecule has 0 saturated heterocycles. The first kappa shape index (κ1) is 13.4. The molecule has 0 spiro atoms. The first-order valence-electron chi connectivity index (χ1n) is 7.09. The highest BCUT2D eigenvalue weighted by Crippen LogP contribution is 2.32. The molecule has 1 aliphatic rings. The summed E-state index contributed by atoms with van der Waals surface area (Å²) < 4.78 is 13.5. The first-order valence-corrected chi connectivity index (χ1v) is 7.09. The molecule has 1 aliphatic carbocycles. The van der Waals surface area contributed by atoms with Crippen LogP contribution in [0.15, 0.2) is 18.2 Å². The molecule has 0 aromatic heterocycles. The summed E-state index contributed by atoms with van der Waals surface area (Å²) in [5.41, 5.74) is 1.70. The highest BCUT2D eigenvalue weighted by Gasteiger charge is 2.24. The Labute approximate surface area is 110 Å². The van der Waals surface area contributed by atoms with Crippen molar-refractivity contribution in [3.63, 3.8) is 0 Å². The van der Waals surface area contributed by atoms with E-state index < -0.39 is 0 Å². The van der Waals surface area contributed by atoms with Crippen LogP contribution in [-0.2, 0) is 0 Å². The molecule has 100 valence electrons. The van der Waals surface area contributed by atoms with Crippen LogP contribution in [0.25, 0.3) is 0 Å². The summed E-state index contributed by atoms with van der Waals surface area (Å²) in [4.78, 5) is 0. The van der Waals surface area contributed by atoms with Gasteiger partial charge in [0.05, 0.1) is 0 Å². The van der Waals surface area contributed by atoms with Gasteiger partial charge in [0, 0.05) is 17.3 Å². The number of halogens is 1. The van der Waals surface area contributed by atoms with Crippen molar-refractivity contribution in [2.24, 2.45) is 11.8 Å². The van der Waals surface area contributed by atoms with E-state index in [1.807, 2.05) is 13.0 Å². The van der Waals surface area contributed by atoms with Crippen LogP contribution in [0.2, 0.25) is 0 Å². The van der Waals surface area contributed by atoms with Gasteiger partial charge in [-0.3, -0.25) is 0 Å². The van der Waals surface area contributed by atoms with Gasteiger partial charge in [-0.15, -0.1) is 0 Å². The van der Waals surface area contributed by atoms with E-state index in [0.29, 0.717) is 6.04 Å². The summed E-state index contributed by atoms with van der Waals surface area (Å²) in [5.74, 6) is 1.45. The van der Waals surface area contributed by atoms with Gasteiger partial charge in [-0.05, 0) is 43.7 Å². The van der Waals surface area contributed by atoms with Gasteiger partial charge in [0.25, 0.3) is 0 Å². The van der Waals surface area contributed by atoms with Crippen molar-refractivity contribution >= 4 is 5.69 Å². The molecule has 1 aromatic rings. The van der Waals surface area contributed by atoms with Gasteiger partial charge >= 0.3 is 0 Å². The van der Waals surface area contributed by atoms with Crippen LogP contribution in [0.3, 0.4) is 0 Å². The molecule has 1 fully saturated rings. The molecule has 0 heterocycles. The van der Waals surface area contributed by atoms with E-state index in [9.17, 15) is 4.39 Å². The van der Waals surface area contributed by atoms with Crippen LogP contribution in [0.5, 0.6) is 0 Å². The number of benzene rings is 1. The standard InChI is InChI=1S/C16H24FN/c1-11(2)13-6-4-7-14(10-13)18-16-9-5-8-15(17)12(16)3/h5,8-9,11,13-14,18H,4,6-7,10H2,1-3H3. The van der Waals surface area contributed by atoms with Gasteiger partial charge in [-0.25, -0.2) is 4.39 Å². The molecule has 1 nitrogen and oxygen atoms in total. The van der Waals surface area contributed by atoms with Gasteiger partial charge < -0.3 is 5.32 Å². The molecule has 0 amide bonds. The normalized spacial score (nSPS) is 24.3. The largest absolute Gasteiger partial charge is 0.382 e. The summed E-state index contributed by atoms with van der Waals surface area (Å²) in [7, 11) is 0. The summed E-state index contributed by atoms with van der Waals surface area (Å²) in [5, 5.41) is 3.53. The van der Waals surface area contributed by atoms with Gasteiger partial charge in [-0.1, -0.05) is 32.8 Å². The third-order valence-electron chi connectivity index (χ3n) is 4.28. The smallest absolute Gasteiger partial charge is 0.128 e. The highest BCUT2D eigenvalue weighted by atomic mass is 19.1. The molecule has 2 unspecified atom stereocenters. The molecular weight excluding hydrogens is 225 g/mol.